The van der Waals surface area contributed by atoms with E-state index >= 15 is 0 Å². The first kappa shape index (κ1) is 15.0. The Morgan fingerprint density at radius 3 is 2.76 bits per heavy atom. The monoisotopic (exact) mass is 313 g/mol. The van der Waals surface area contributed by atoms with Crippen molar-refractivity contribution < 1.29 is 22.7 Å². The number of hydrogen-bond acceptors (Lipinski definition) is 4. The lowest BCUT2D eigenvalue weighted by atomic mass is 10.2. The van der Waals surface area contributed by atoms with E-state index in [2.05, 4.69) is 9.82 Å². The van der Waals surface area contributed by atoms with Crippen LogP contribution >= 0.6 is 0 Å². The highest BCUT2D eigenvalue weighted by Crippen LogP contribution is 2.20. The Labute approximate surface area is 120 Å². The zero-order valence-corrected chi connectivity index (χ0v) is 11.8. The summed E-state index contributed by atoms with van der Waals surface area (Å²) in [5, 5.41) is 12.7. The molecule has 0 spiro atoms. The molecule has 0 fully saturated rings. The summed E-state index contributed by atoms with van der Waals surface area (Å²) in [6, 6.07) is 2.56. The van der Waals surface area contributed by atoms with Crippen molar-refractivity contribution >= 4 is 21.7 Å². The van der Waals surface area contributed by atoms with E-state index in [9.17, 15) is 17.6 Å². The maximum absolute atomic E-state index is 13.7. The van der Waals surface area contributed by atoms with Crippen molar-refractivity contribution in [2.75, 3.05) is 4.72 Å². The Morgan fingerprint density at radius 2 is 2.19 bits per heavy atom. The van der Waals surface area contributed by atoms with E-state index in [-0.39, 0.29) is 11.3 Å². The number of carbonyl (C=O) groups is 1. The van der Waals surface area contributed by atoms with Gasteiger partial charge in [-0.25, -0.2) is 17.6 Å². The average Bonchev–Trinajstić information content (AvgIpc) is 2.85. The maximum Gasteiger partial charge on any atom is 0.335 e. The average molecular weight is 313 g/mol. The Balaban J connectivity index is 2.39. The number of aromatic nitrogens is 2. The molecular formula is C12H12FN3O4S. The predicted molar refractivity (Wildman–Crippen MR) is 72.1 cm³/mol. The topological polar surface area (TPSA) is 101 Å². The van der Waals surface area contributed by atoms with Crippen molar-refractivity contribution in [2.24, 2.45) is 0 Å². The number of halogens is 1. The fraction of sp³-hybridized carbons (Fsp3) is 0.167. The number of benzene rings is 1. The van der Waals surface area contributed by atoms with Gasteiger partial charge in [0.2, 0.25) is 0 Å². The number of nitrogens with one attached hydrogen (secondary N) is 1. The van der Waals surface area contributed by atoms with Crippen LogP contribution in [0.4, 0.5) is 10.1 Å². The second-order valence-corrected chi connectivity index (χ2v) is 5.79. The minimum absolute atomic E-state index is 0.164. The van der Waals surface area contributed by atoms with E-state index in [0.29, 0.717) is 6.54 Å². The third kappa shape index (κ3) is 3.19. The van der Waals surface area contributed by atoms with E-state index in [0.717, 1.165) is 18.2 Å². The van der Waals surface area contributed by atoms with Crippen molar-refractivity contribution in [1.29, 1.82) is 0 Å². The third-order valence-electron chi connectivity index (χ3n) is 2.68. The molecule has 9 heteroatoms. The van der Waals surface area contributed by atoms with Crippen LogP contribution in [0.2, 0.25) is 0 Å². The van der Waals surface area contributed by atoms with Gasteiger partial charge in [0.25, 0.3) is 10.0 Å². The van der Waals surface area contributed by atoms with Crippen molar-refractivity contribution in [3.63, 3.8) is 0 Å². The number of carboxylic acids is 1. The van der Waals surface area contributed by atoms with Crippen molar-refractivity contribution in [3.05, 3.63) is 42.0 Å². The zero-order valence-electron chi connectivity index (χ0n) is 10.9. The number of sulfonamides is 1. The molecule has 1 heterocycles. The molecule has 0 atom stereocenters. The van der Waals surface area contributed by atoms with Gasteiger partial charge in [-0.1, -0.05) is 0 Å². The van der Waals surface area contributed by atoms with Crippen molar-refractivity contribution in [1.82, 2.24) is 9.78 Å². The molecule has 0 unspecified atom stereocenters. The Hall–Kier alpha value is -2.42. The molecule has 112 valence electrons. The van der Waals surface area contributed by atoms with Gasteiger partial charge in [-0.3, -0.25) is 9.40 Å². The van der Waals surface area contributed by atoms with Gasteiger partial charge in [0.15, 0.2) is 0 Å². The molecule has 0 bridgehead atoms. The lowest BCUT2D eigenvalue weighted by Gasteiger charge is -2.07. The minimum Gasteiger partial charge on any atom is -0.478 e. The second-order valence-electron chi connectivity index (χ2n) is 4.14. The van der Waals surface area contributed by atoms with Crippen LogP contribution in [0.1, 0.15) is 17.3 Å². The number of aryl methyl sites for hydroxylation is 1. The minimum atomic E-state index is -4.24. The summed E-state index contributed by atoms with van der Waals surface area (Å²) in [6.07, 6.45) is 2.72. The summed E-state index contributed by atoms with van der Waals surface area (Å²) in [5.41, 5.74) is -0.155. The van der Waals surface area contributed by atoms with Gasteiger partial charge < -0.3 is 5.11 Å². The standard InChI is InChI=1S/C12H12FN3O4S/c1-2-16-7-9(6-14-16)15-21(19,20)11-5-8(12(17)18)3-4-10(11)13/h3-7,15H,2H2,1H3,(H,17,18). The quantitative estimate of drug-likeness (QED) is 0.872. The zero-order chi connectivity index (χ0) is 15.6. The maximum atomic E-state index is 13.7. The number of rotatable bonds is 5. The molecule has 1 aromatic heterocycles. The number of hydrogen-bond donors (Lipinski definition) is 2. The largest absolute Gasteiger partial charge is 0.478 e. The van der Waals surface area contributed by atoms with Gasteiger partial charge in [0.05, 0.1) is 17.4 Å². The summed E-state index contributed by atoms with van der Waals surface area (Å²) < 4.78 is 41.5. The molecular weight excluding hydrogens is 301 g/mol. The van der Waals surface area contributed by atoms with Gasteiger partial charge in [-0.15, -0.1) is 0 Å². The van der Waals surface area contributed by atoms with Crippen LogP contribution in [0, 0.1) is 5.82 Å². The summed E-state index contributed by atoms with van der Waals surface area (Å²) in [7, 11) is -4.24. The molecule has 0 aliphatic rings. The molecule has 21 heavy (non-hydrogen) atoms. The smallest absolute Gasteiger partial charge is 0.335 e. The first-order valence-electron chi connectivity index (χ1n) is 5.91. The lowest BCUT2D eigenvalue weighted by molar-refractivity contribution is 0.0696. The van der Waals surface area contributed by atoms with Crippen molar-refractivity contribution in [2.45, 2.75) is 18.4 Å². The van der Waals surface area contributed by atoms with Crippen LogP contribution in [-0.4, -0.2) is 29.3 Å². The Kier molecular flexibility index (Phi) is 3.94. The highest BCUT2D eigenvalue weighted by Gasteiger charge is 2.21. The highest BCUT2D eigenvalue weighted by atomic mass is 32.2. The van der Waals surface area contributed by atoms with E-state index in [1.807, 2.05) is 6.92 Å². The van der Waals surface area contributed by atoms with Crippen molar-refractivity contribution in [3.8, 4) is 0 Å². The number of nitrogens with zero attached hydrogens (tertiary/aromatic N) is 2. The first-order chi connectivity index (χ1) is 9.83. The van der Waals surface area contributed by atoms with Crippen LogP contribution < -0.4 is 4.72 Å². The van der Waals surface area contributed by atoms with Crippen LogP contribution in [0.3, 0.4) is 0 Å². The summed E-state index contributed by atoms with van der Waals surface area (Å²) in [4.78, 5) is 10.1. The molecule has 0 radical (unpaired) electrons. The van der Waals surface area contributed by atoms with Gasteiger partial charge in [0, 0.05) is 12.7 Å². The summed E-state index contributed by atoms with van der Waals surface area (Å²) in [5.74, 6) is -2.37. The Bertz CT molecular complexity index is 786. The van der Waals surface area contributed by atoms with Crippen LogP contribution in [-0.2, 0) is 16.6 Å². The van der Waals surface area contributed by atoms with E-state index in [1.165, 1.54) is 17.1 Å². The third-order valence-corrected chi connectivity index (χ3v) is 4.07. The molecule has 0 aliphatic heterocycles. The van der Waals surface area contributed by atoms with Gasteiger partial charge in [-0.2, -0.15) is 5.10 Å². The molecule has 2 rings (SSSR count). The molecule has 0 saturated heterocycles. The van der Waals surface area contributed by atoms with Crippen LogP contribution in [0.25, 0.3) is 0 Å². The van der Waals surface area contributed by atoms with E-state index in [4.69, 9.17) is 5.11 Å². The van der Waals surface area contributed by atoms with E-state index < -0.39 is 26.7 Å². The summed E-state index contributed by atoms with van der Waals surface area (Å²) >= 11 is 0. The molecule has 7 nitrogen and oxygen atoms in total. The number of aromatic carboxylic acids is 1. The molecule has 2 aromatic rings. The SMILES string of the molecule is CCn1cc(NS(=O)(=O)c2cc(C(=O)O)ccc2F)cn1. The molecule has 0 saturated carbocycles. The summed E-state index contributed by atoms with van der Waals surface area (Å²) in [6.45, 7) is 2.37. The van der Waals surface area contributed by atoms with Gasteiger partial charge in [-0.05, 0) is 25.1 Å². The van der Waals surface area contributed by atoms with Gasteiger partial charge >= 0.3 is 5.97 Å². The van der Waals surface area contributed by atoms with Crippen LogP contribution in [0.5, 0.6) is 0 Å². The fourth-order valence-corrected chi connectivity index (χ4v) is 2.77. The Morgan fingerprint density at radius 1 is 1.48 bits per heavy atom. The first-order valence-corrected chi connectivity index (χ1v) is 7.40. The number of anilines is 1. The molecule has 1 aromatic carbocycles. The van der Waals surface area contributed by atoms with Crippen LogP contribution in [0.15, 0.2) is 35.5 Å². The highest BCUT2D eigenvalue weighted by molar-refractivity contribution is 7.92. The van der Waals surface area contributed by atoms with E-state index in [1.54, 1.807) is 0 Å². The molecule has 0 amide bonds. The lowest BCUT2D eigenvalue weighted by Crippen LogP contribution is -2.15. The predicted octanol–water partition coefficient (Wildman–Crippen LogP) is 1.54. The fourth-order valence-electron chi connectivity index (χ4n) is 1.64. The second kappa shape index (κ2) is 5.52. The molecule has 2 N–H and O–H groups in total. The number of carboxylic acid groups (broad SMARTS) is 1. The molecule has 0 aliphatic carbocycles. The van der Waals surface area contributed by atoms with Gasteiger partial charge in [0.1, 0.15) is 10.7 Å². The normalized spacial score (nSPS) is 11.3.